The van der Waals surface area contributed by atoms with E-state index in [0.717, 1.165) is 0 Å². The predicted molar refractivity (Wildman–Crippen MR) is 62.0 cm³/mol. The summed E-state index contributed by atoms with van der Waals surface area (Å²) >= 11 is 0. The summed E-state index contributed by atoms with van der Waals surface area (Å²) in [5.74, 6) is 0.640. The van der Waals surface area contributed by atoms with Crippen molar-refractivity contribution in [1.82, 2.24) is 4.90 Å². The molecule has 0 spiro atoms. The summed E-state index contributed by atoms with van der Waals surface area (Å²) in [4.78, 5) is 13.7. The molecule has 2 atom stereocenters. The minimum absolute atomic E-state index is 0.0989. The molecule has 16 heavy (non-hydrogen) atoms. The van der Waals surface area contributed by atoms with Crippen molar-refractivity contribution in [1.29, 1.82) is 0 Å². The van der Waals surface area contributed by atoms with Gasteiger partial charge < -0.3 is 14.7 Å². The first kappa shape index (κ1) is 13.5. The second-order valence-electron chi connectivity index (χ2n) is 4.77. The molecular weight excluding hydrogens is 206 g/mol. The number of aliphatic hydroxyl groups excluding tert-OH is 1. The van der Waals surface area contributed by atoms with E-state index in [1.807, 2.05) is 11.8 Å². The number of amides is 1. The van der Waals surface area contributed by atoms with Crippen LogP contribution < -0.4 is 0 Å². The number of carbonyl (C=O) groups excluding carboxylic acids is 1. The van der Waals surface area contributed by atoms with E-state index in [1.165, 1.54) is 0 Å². The van der Waals surface area contributed by atoms with Crippen LogP contribution in [0.4, 0.5) is 0 Å². The van der Waals surface area contributed by atoms with E-state index < -0.39 is 0 Å². The number of likely N-dealkylation sites (tertiary alicyclic amines) is 1. The van der Waals surface area contributed by atoms with Gasteiger partial charge in [-0.25, -0.2) is 0 Å². The van der Waals surface area contributed by atoms with E-state index >= 15 is 0 Å². The van der Waals surface area contributed by atoms with Gasteiger partial charge in [0.05, 0.1) is 12.6 Å². The summed E-state index contributed by atoms with van der Waals surface area (Å²) in [5, 5.41) is 9.09. The van der Waals surface area contributed by atoms with Crippen LogP contribution in [0.5, 0.6) is 0 Å². The Balaban J connectivity index is 2.60. The molecule has 0 aromatic heterocycles. The van der Waals surface area contributed by atoms with Crippen LogP contribution in [-0.4, -0.2) is 48.3 Å². The zero-order valence-electron chi connectivity index (χ0n) is 10.5. The smallest absolute Gasteiger partial charge is 0.223 e. The normalized spacial score (nSPS) is 23.2. The Morgan fingerprint density at radius 2 is 2.25 bits per heavy atom. The number of nitrogens with zero attached hydrogens (tertiary/aromatic N) is 1. The number of rotatable bonds is 6. The first-order chi connectivity index (χ1) is 7.60. The van der Waals surface area contributed by atoms with E-state index in [1.54, 1.807) is 0 Å². The lowest BCUT2D eigenvalue weighted by Crippen LogP contribution is -2.43. The van der Waals surface area contributed by atoms with E-state index in [2.05, 4.69) is 13.8 Å². The van der Waals surface area contributed by atoms with Gasteiger partial charge in [0.15, 0.2) is 0 Å². The molecule has 1 heterocycles. The van der Waals surface area contributed by atoms with Gasteiger partial charge in [-0.05, 0) is 12.8 Å². The van der Waals surface area contributed by atoms with Crippen LogP contribution >= 0.6 is 0 Å². The lowest BCUT2D eigenvalue weighted by Gasteiger charge is -2.31. The summed E-state index contributed by atoms with van der Waals surface area (Å²) in [7, 11) is 0. The molecule has 4 heteroatoms. The van der Waals surface area contributed by atoms with Crippen molar-refractivity contribution in [2.45, 2.75) is 33.2 Å². The fraction of sp³-hybridized carbons (Fsp3) is 0.917. The second-order valence-corrected chi connectivity index (χ2v) is 4.77. The highest BCUT2D eigenvalue weighted by Gasteiger charge is 2.35. The molecule has 0 aromatic carbocycles. The summed E-state index contributed by atoms with van der Waals surface area (Å²) in [6.07, 6.45) is 0.478. The van der Waals surface area contributed by atoms with Crippen molar-refractivity contribution < 1.29 is 14.6 Å². The van der Waals surface area contributed by atoms with Crippen molar-refractivity contribution in [2.75, 3.05) is 26.4 Å². The Kier molecular flexibility index (Phi) is 5.22. The van der Waals surface area contributed by atoms with E-state index in [9.17, 15) is 4.79 Å². The molecule has 1 rings (SSSR count). The molecule has 0 aromatic rings. The standard InChI is InChI=1S/C12H23NO3/c1-4-16-8-11(9(2)3)13-6-10(7-14)5-12(13)15/h9-11,14H,4-8H2,1-3H3. The second kappa shape index (κ2) is 6.21. The number of ether oxygens (including phenoxy) is 1. The monoisotopic (exact) mass is 229 g/mol. The Morgan fingerprint density at radius 1 is 1.56 bits per heavy atom. The highest BCUT2D eigenvalue weighted by molar-refractivity contribution is 5.79. The van der Waals surface area contributed by atoms with Gasteiger partial charge in [-0.1, -0.05) is 13.8 Å². The van der Waals surface area contributed by atoms with Crippen molar-refractivity contribution in [3.8, 4) is 0 Å². The van der Waals surface area contributed by atoms with Gasteiger partial charge >= 0.3 is 0 Å². The molecule has 1 N–H and O–H groups in total. The van der Waals surface area contributed by atoms with Gasteiger partial charge in [0, 0.05) is 32.1 Å². The molecule has 0 saturated carbocycles. The topological polar surface area (TPSA) is 49.8 Å². The average molecular weight is 229 g/mol. The molecular formula is C12H23NO3. The molecule has 1 aliphatic heterocycles. The predicted octanol–water partition coefficient (Wildman–Crippen LogP) is 0.888. The van der Waals surface area contributed by atoms with Crippen LogP contribution in [0, 0.1) is 11.8 Å². The molecule has 0 bridgehead atoms. The molecule has 0 radical (unpaired) electrons. The van der Waals surface area contributed by atoms with Gasteiger partial charge in [0.25, 0.3) is 0 Å². The molecule has 1 amide bonds. The van der Waals surface area contributed by atoms with Crippen molar-refractivity contribution in [2.24, 2.45) is 11.8 Å². The van der Waals surface area contributed by atoms with Crippen LogP contribution in [0.1, 0.15) is 27.2 Å². The van der Waals surface area contributed by atoms with Crippen LogP contribution in [0.3, 0.4) is 0 Å². The number of carbonyl (C=O) groups is 1. The summed E-state index contributed by atoms with van der Waals surface area (Å²) < 4.78 is 5.43. The Hall–Kier alpha value is -0.610. The third-order valence-electron chi connectivity index (χ3n) is 3.16. The Bertz CT molecular complexity index is 230. The van der Waals surface area contributed by atoms with Gasteiger partial charge in [-0.15, -0.1) is 0 Å². The maximum atomic E-state index is 11.8. The summed E-state index contributed by atoms with van der Waals surface area (Å²) in [6.45, 7) is 8.20. The van der Waals surface area contributed by atoms with Crippen LogP contribution in [0.25, 0.3) is 0 Å². The van der Waals surface area contributed by atoms with Gasteiger partial charge in [0.2, 0.25) is 5.91 Å². The molecule has 1 saturated heterocycles. The molecule has 4 nitrogen and oxygen atoms in total. The van der Waals surface area contributed by atoms with Crippen molar-refractivity contribution in [3.63, 3.8) is 0 Å². The SMILES string of the molecule is CCOCC(C(C)C)N1CC(CO)CC1=O. The highest BCUT2D eigenvalue weighted by atomic mass is 16.5. The largest absolute Gasteiger partial charge is 0.396 e. The van der Waals surface area contributed by atoms with Crippen LogP contribution in [-0.2, 0) is 9.53 Å². The summed E-state index contributed by atoms with van der Waals surface area (Å²) in [6, 6.07) is 0.143. The molecule has 1 fully saturated rings. The maximum Gasteiger partial charge on any atom is 0.223 e. The Morgan fingerprint density at radius 3 is 2.69 bits per heavy atom. The average Bonchev–Trinajstić information content (AvgIpc) is 2.60. The van der Waals surface area contributed by atoms with Gasteiger partial charge in [-0.2, -0.15) is 0 Å². The van der Waals surface area contributed by atoms with Crippen LogP contribution in [0.2, 0.25) is 0 Å². The minimum atomic E-state index is 0.0989. The lowest BCUT2D eigenvalue weighted by molar-refractivity contribution is -0.132. The third kappa shape index (κ3) is 3.19. The minimum Gasteiger partial charge on any atom is -0.396 e. The zero-order valence-corrected chi connectivity index (χ0v) is 10.5. The van der Waals surface area contributed by atoms with Crippen molar-refractivity contribution in [3.05, 3.63) is 0 Å². The number of hydrogen-bond donors (Lipinski definition) is 1. The lowest BCUT2D eigenvalue weighted by atomic mass is 10.0. The van der Waals surface area contributed by atoms with Crippen molar-refractivity contribution >= 4 is 5.91 Å². The molecule has 1 aliphatic rings. The van der Waals surface area contributed by atoms with E-state index in [0.29, 0.717) is 32.1 Å². The first-order valence-corrected chi connectivity index (χ1v) is 6.08. The van der Waals surface area contributed by atoms with E-state index in [4.69, 9.17) is 9.84 Å². The fourth-order valence-corrected chi connectivity index (χ4v) is 2.13. The third-order valence-corrected chi connectivity index (χ3v) is 3.16. The fourth-order valence-electron chi connectivity index (χ4n) is 2.13. The highest BCUT2D eigenvalue weighted by Crippen LogP contribution is 2.23. The number of hydrogen-bond acceptors (Lipinski definition) is 3. The zero-order chi connectivity index (χ0) is 12.1. The molecule has 94 valence electrons. The summed E-state index contributed by atoms with van der Waals surface area (Å²) in [5.41, 5.74) is 0. The Labute approximate surface area is 97.6 Å². The van der Waals surface area contributed by atoms with Crippen LogP contribution in [0.15, 0.2) is 0 Å². The number of aliphatic hydroxyl groups is 1. The molecule has 2 unspecified atom stereocenters. The quantitative estimate of drug-likeness (QED) is 0.736. The first-order valence-electron chi connectivity index (χ1n) is 6.08. The van der Waals surface area contributed by atoms with E-state index in [-0.39, 0.29) is 24.5 Å². The maximum absolute atomic E-state index is 11.8. The molecule has 0 aliphatic carbocycles. The van der Waals surface area contributed by atoms with Gasteiger partial charge in [0.1, 0.15) is 0 Å². The van der Waals surface area contributed by atoms with Gasteiger partial charge in [-0.3, -0.25) is 4.79 Å².